The molecule has 0 saturated heterocycles. The van der Waals surface area contributed by atoms with Crippen LogP contribution in [0, 0.1) is 0 Å². The maximum Gasteiger partial charge on any atom is 0.0277 e. The van der Waals surface area contributed by atoms with Crippen molar-refractivity contribution in [3.8, 4) is 0 Å². The summed E-state index contributed by atoms with van der Waals surface area (Å²) in [6, 6.07) is 2.15. The van der Waals surface area contributed by atoms with Gasteiger partial charge in [0.2, 0.25) is 0 Å². The molecule has 0 fully saturated rings. The molecule has 0 aromatic carbocycles. The summed E-state index contributed by atoms with van der Waals surface area (Å²) in [5, 5.41) is 2.10. The Morgan fingerprint density at radius 1 is 1.55 bits per heavy atom. The zero-order valence-electron chi connectivity index (χ0n) is 7.00. The monoisotopic (exact) mass is 170 g/mol. The minimum Gasteiger partial charge on any atom is -0.326 e. The van der Waals surface area contributed by atoms with Gasteiger partial charge in [-0.15, -0.1) is 11.3 Å². The fourth-order valence-electron chi connectivity index (χ4n) is 1.03. The third-order valence-electron chi connectivity index (χ3n) is 1.51. The van der Waals surface area contributed by atoms with E-state index in [1.54, 1.807) is 11.3 Å². The van der Waals surface area contributed by atoms with Crippen molar-refractivity contribution < 1.29 is 0 Å². The van der Waals surface area contributed by atoms with Gasteiger partial charge in [0.15, 0.2) is 0 Å². The van der Waals surface area contributed by atoms with E-state index in [1.807, 2.05) is 0 Å². The van der Waals surface area contributed by atoms with Crippen LogP contribution >= 0.6 is 11.3 Å². The fraction of sp³-hybridized carbons (Fsp3) is 0.500. The van der Waals surface area contributed by atoms with E-state index in [-0.39, 0.29) is 0 Å². The van der Waals surface area contributed by atoms with E-state index < -0.39 is 0 Å². The molecule has 0 amide bonds. The zero-order valence-corrected chi connectivity index (χ0v) is 7.82. The predicted molar refractivity (Wildman–Crippen MR) is 49.6 cm³/mol. The Labute approximate surface area is 71.6 Å². The molecule has 1 rings (SSSR count). The molecule has 3 heteroatoms. The van der Waals surface area contributed by atoms with Crippen LogP contribution in [0.25, 0.3) is 0 Å². The first-order valence-electron chi connectivity index (χ1n) is 3.64. The first-order valence-corrected chi connectivity index (χ1v) is 4.52. The second kappa shape index (κ2) is 3.85. The smallest absolute Gasteiger partial charge is 0.0277 e. The Bertz CT molecular complexity index is 218. The zero-order chi connectivity index (χ0) is 8.27. The number of nitrogens with two attached hydrogens (primary N) is 1. The molecular formula is C8H14N2S. The first kappa shape index (κ1) is 8.71. The van der Waals surface area contributed by atoms with Gasteiger partial charge in [-0.3, -0.25) is 0 Å². The number of rotatable bonds is 3. The number of nitrogens with zero attached hydrogens (tertiary/aromatic N) is 1. The molecule has 1 heterocycles. The van der Waals surface area contributed by atoms with Crippen LogP contribution in [0.1, 0.15) is 10.4 Å². The average molecular weight is 170 g/mol. The van der Waals surface area contributed by atoms with Gasteiger partial charge in [0.1, 0.15) is 0 Å². The molecule has 2 nitrogen and oxygen atoms in total. The lowest BCUT2D eigenvalue weighted by Crippen LogP contribution is -2.11. The topological polar surface area (TPSA) is 29.3 Å². The third kappa shape index (κ3) is 2.29. The standard InChI is InChI=1S/C8H14N2S/c1-10(2)6-7-3-4-11-8(7)5-9/h3-4H,5-6,9H2,1-2H3. The van der Waals surface area contributed by atoms with Crippen LogP contribution in [0.2, 0.25) is 0 Å². The number of hydrogen-bond acceptors (Lipinski definition) is 3. The summed E-state index contributed by atoms with van der Waals surface area (Å²) < 4.78 is 0. The molecule has 0 aliphatic heterocycles. The van der Waals surface area contributed by atoms with E-state index >= 15 is 0 Å². The maximum absolute atomic E-state index is 5.56. The second-order valence-corrected chi connectivity index (χ2v) is 3.81. The van der Waals surface area contributed by atoms with Gasteiger partial charge < -0.3 is 10.6 Å². The molecule has 0 radical (unpaired) electrons. The SMILES string of the molecule is CN(C)Cc1ccsc1CN. The molecule has 0 aliphatic rings. The van der Waals surface area contributed by atoms with Gasteiger partial charge in [-0.05, 0) is 31.1 Å². The fourth-order valence-corrected chi connectivity index (χ4v) is 1.80. The van der Waals surface area contributed by atoms with Crippen LogP contribution in [-0.4, -0.2) is 19.0 Å². The van der Waals surface area contributed by atoms with Crippen molar-refractivity contribution in [3.63, 3.8) is 0 Å². The van der Waals surface area contributed by atoms with E-state index in [2.05, 4.69) is 30.4 Å². The number of thiophene rings is 1. The van der Waals surface area contributed by atoms with Crippen LogP contribution in [0.15, 0.2) is 11.4 Å². The molecule has 0 bridgehead atoms. The molecule has 0 saturated carbocycles. The summed E-state index contributed by atoms with van der Waals surface area (Å²) in [6.45, 7) is 1.66. The Morgan fingerprint density at radius 3 is 2.82 bits per heavy atom. The highest BCUT2D eigenvalue weighted by Gasteiger charge is 2.02. The molecule has 0 atom stereocenters. The van der Waals surface area contributed by atoms with Crippen molar-refractivity contribution in [3.05, 3.63) is 21.9 Å². The average Bonchev–Trinajstić information content (AvgIpc) is 2.34. The molecule has 1 aromatic heterocycles. The minimum absolute atomic E-state index is 0.668. The predicted octanol–water partition coefficient (Wildman–Crippen LogP) is 1.27. The van der Waals surface area contributed by atoms with Crippen LogP contribution < -0.4 is 5.73 Å². The van der Waals surface area contributed by atoms with Crippen LogP contribution in [0.4, 0.5) is 0 Å². The summed E-state index contributed by atoms with van der Waals surface area (Å²) in [4.78, 5) is 3.46. The highest BCUT2D eigenvalue weighted by molar-refractivity contribution is 7.10. The van der Waals surface area contributed by atoms with Crippen LogP contribution in [0.5, 0.6) is 0 Å². The molecular weight excluding hydrogens is 156 g/mol. The van der Waals surface area contributed by atoms with Crippen molar-refractivity contribution in [2.75, 3.05) is 14.1 Å². The third-order valence-corrected chi connectivity index (χ3v) is 2.50. The van der Waals surface area contributed by atoms with Crippen LogP contribution in [0.3, 0.4) is 0 Å². The molecule has 2 N–H and O–H groups in total. The summed E-state index contributed by atoms with van der Waals surface area (Å²) in [6.07, 6.45) is 0. The lowest BCUT2D eigenvalue weighted by molar-refractivity contribution is 0.402. The van der Waals surface area contributed by atoms with Gasteiger partial charge in [0, 0.05) is 18.0 Å². The van der Waals surface area contributed by atoms with Crippen LogP contribution in [-0.2, 0) is 13.1 Å². The van der Waals surface area contributed by atoms with Gasteiger partial charge in [0.05, 0.1) is 0 Å². The Morgan fingerprint density at radius 2 is 2.27 bits per heavy atom. The first-order chi connectivity index (χ1) is 5.24. The van der Waals surface area contributed by atoms with E-state index in [4.69, 9.17) is 5.73 Å². The molecule has 0 spiro atoms. The Kier molecular flexibility index (Phi) is 3.05. The van der Waals surface area contributed by atoms with Crippen molar-refractivity contribution >= 4 is 11.3 Å². The molecule has 0 unspecified atom stereocenters. The largest absolute Gasteiger partial charge is 0.326 e. The normalized spacial score (nSPS) is 10.9. The van der Waals surface area contributed by atoms with E-state index in [1.165, 1.54) is 10.4 Å². The Balaban J connectivity index is 2.68. The summed E-state index contributed by atoms with van der Waals surface area (Å²) >= 11 is 1.74. The van der Waals surface area contributed by atoms with Gasteiger partial charge in [-0.25, -0.2) is 0 Å². The second-order valence-electron chi connectivity index (χ2n) is 2.81. The van der Waals surface area contributed by atoms with Gasteiger partial charge in [-0.2, -0.15) is 0 Å². The van der Waals surface area contributed by atoms with E-state index in [0.717, 1.165) is 6.54 Å². The van der Waals surface area contributed by atoms with Gasteiger partial charge >= 0.3 is 0 Å². The summed E-state index contributed by atoms with van der Waals surface area (Å²) in [5.74, 6) is 0. The van der Waals surface area contributed by atoms with Crippen molar-refractivity contribution in [2.24, 2.45) is 5.73 Å². The summed E-state index contributed by atoms with van der Waals surface area (Å²) in [5.41, 5.74) is 6.93. The highest BCUT2D eigenvalue weighted by atomic mass is 32.1. The van der Waals surface area contributed by atoms with Crippen molar-refractivity contribution in [2.45, 2.75) is 13.1 Å². The number of hydrogen-bond donors (Lipinski definition) is 1. The van der Waals surface area contributed by atoms with Crippen molar-refractivity contribution in [1.82, 2.24) is 4.90 Å². The van der Waals surface area contributed by atoms with E-state index in [0.29, 0.717) is 6.54 Å². The van der Waals surface area contributed by atoms with Crippen molar-refractivity contribution in [1.29, 1.82) is 0 Å². The maximum atomic E-state index is 5.56. The summed E-state index contributed by atoms with van der Waals surface area (Å²) in [7, 11) is 4.13. The van der Waals surface area contributed by atoms with E-state index in [9.17, 15) is 0 Å². The molecule has 0 aliphatic carbocycles. The molecule has 1 aromatic rings. The quantitative estimate of drug-likeness (QED) is 0.740. The molecule has 62 valence electrons. The lowest BCUT2D eigenvalue weighted by Gasteiger charge is -2.08. The minimum atomic E-state index is 0.668. The van der Waals surface area contributed by atoms with Gasteiger partial charge in [-0.1, -0.05) is 0 Å². The lowest BCUT2D eigenvalue weighted by atomic mass is 10.2. The Hall–Kier alpha value is -0.380. The molecule has 11 heavy (non-hydrogen) atoms. The van der Waals surface area contributed by atoms with Gasteiger partial charge in [0.25, 0.3) is 0 Å². The highest BCUT2D eigenvalue weighted by Crippen LogP contribution is 2.16.